The highest BCUT2D eigenvalue weighted by atomic mass is 19.1. The summed E-state index contributed by atoms with van der Waals surface area (Å²) in [4.78, 5) is 105. The number of aromatic nitrogens is 16. The van der Waals surface area contributed by atoms with Gasteiger partial charge in [0.25, 0.3) is 23.6 Å². The van der Waals surface area contributed by atoms with Gasteiger partial charge in [0.05, 0.1) is 81.0 Å². The molecule has 0 bridgehead atoms. The Morgan fingerprint density at radius 1 is 0.293 bits per heavy atom. The van der Waals surface area contributed by atoms with Gasteiger partial charge in [-0.15, -0.1) is 0 Å². The highest BCUT2D eigenvalue weighted by Gasteiger charge is 2.26. The number of piperidine rings is 4. The van der Waals surface area contributed by atoms with Gasteiger partial charge in [-0.2, -0.15) is 20.4 Å². The number of rotatable bonds is 27. The van der Waals surface area contributed by atoms with Crippen LogP contribution in [0.4, 0.5) is 43.2 Å². The molecule has 0 unspecified atom stereocenters. The van der Waals surface area contributed by atoms with E-state index in [0.29, 0.717) is 62.5 Å². The maximum Gasteiger partial charge on any atom is 0.276 e. The molecule has 762 valence electrons. The summed E-state index contributed by atoms with van der Waals surface area (Å²) in [6, 6.07) is 59.7. The quantitative estimate of drug-likeness (QED) is 0.0237. The Hall–Kier alpha value is -16.5. The van der Waals surface area contributed by atoms with Crippen molar-refractivity contribution in [2.45, 2.75) is 116 Å². The molecule has 0 spiro atoms. The third kappa shape index (κ3) is 25.7. The summed E-state index contributed by atoms with van der Waals surface area (Å²) in [5, 5.41) is 43.7. The number of pyridine rings is 8. The van der Waals surface area contributed by atoms with E-state index in [1.54, 1.807) is 73.3 Å². The highest BCUT2D eigenvalue weighted by Crippen LogP contribution is 2.36. The van der Waals surface area contributed by atoms with Crippen molar-refractivity contribution >= 4 is 102 Å². The zero-order valence-electron chi connectivity index (χ0n) is 84.5. The number of halogens is 2. The van der Waals surface area contributed by atoms with E-state index in [1.165, 1.54) is 136 Å². The van der Waals surface area contributed by atoms with Crippen LogP contribution in [0.2, 0.25) is 0 Å². The summed E-state index contributed by atoms with van der Waals surface area (Å²) in [6.45, 7) is 16.6. The van der Waals surface area contributed by atoms with Crippen LogP contribution in [0, 0.1) is 11.6 Å². The minimum Gasteiger partial charge on any atom is -0.358 e. The van der Waals surface area contributed by atoms with Gasteiger partial charge in [-0.05, 0) is 333 Å². The summed E-state index contributed by atoms with van der Waals surface area (Å²) in [6.07, 6.45) is 39.5. The van der Waals surface area contributed by atoms with Gasteiger partial charge in [0, 0.05) is 164 Å². The van der Waals surface area contributed by atoms with E-state index >= 15 is 0 Å². The molecule has 5 fully saturated rings. The van der Waals surface area contributed by atoms with Crippen LogP contribution in [0.25, 0.3) is 111 Å². The van der Waals surface area contributed by atoms with Crippen molar-refractivity contribution in [3.8, 4) is 67.0 Å². The van der Waals surface area contributed by atoms with Gasteiger partial charge < -0.3 is 36.0 Å². The second kappa shape index (κ2) is 48.0. The van der Waals surface area contributed by atoms with Crippen LogP contribution in [0.3, 0.4) is 0 Å². The first kappa shape index (κ1) is 101. The number of likely N-dealkylation sites (N-methyl/N-ethyl adjacent to an activating group) is 2. The van der Waals surface area contributed by atoms with Crippen LogP contribution in [0.5, 0.6) is 0 Å². The van der Waals surface area contributed by atoms with Crippen molar-refractivity contribution in [1.29, 1.82) is 0 Å². The fourth-order valence-corrected chi connectivity index (χ4v) is 19.9. The fourth-order valence-electron chi connectivity index (χ4n) is 19.9. The minimum atomic E-state index is -0.342. The first-order valence-corrected chi connectivity index (χ1v) is 51.7. The normalized spacial score (nSPS) is 14.7. The molecule has 18 aromatic rings. The zero-order valence-corrected chi connectivity index (χ0v) is 84.5. The van der Waals surface area contributed by atoms with E-state index in [0.717, 1.165) is 210 Å². The molecular weight excluding hydrogens is 1890 g/mol. The average Bonchev–Trinajstić information content (AvgIpc) is 1.65. The fraction of sp³-hybridized carbons (Fsp3) is 0.282. The molecule has 12 aromatic heterocycles. The van der Waals surface area contributed by atoms with Crippen molar-refractivity contribution in [3.05, 3.63) is 325 Å². The summed E-state index contributed by atoms with van der Waals surface area (Å²) in [5.74, 6) is -0.0175. The number of likely N-dealkylation sites (tertiary alicyclic amines) is 4. The van der Waals surface area contributed by atoms with E-state index in [2.05, 4.69) is 160 Å². The second-order valence-electron chi connectivity index (χ2n) is 39.4. The van der Waals surface area contributed by atoms with E-state index in [4.69, 9.17) is 0 Å². The van der Waals surface area contributed by atoms with E-state index in [-0.39, 0.29) is 35.3 Å². The SMILES string of the molecule is CN(C)CCN(C)c1ccc(NC(=O)c2n[nH]c3ccc(-c4cncc(CN5CCCCC5)c4)cc23)cn1.O=C(Nc1ccc(-c2ccc(F)cc2)nc1)c1n[nH]c2ccc(-c3cncc(CN4CCCCC4)c3)cc12.O=C(Nc1ccc(-c2cccc(F)c2)nc1)c1n[nH]c2ccc(-c3cncc(CN4CCCCC4)c3)cc12.O=C(Nc1ccc(N2CCCC2)nc1)c1n[nH]c2ccc(-c3cncc(CN4CCCCC4)c3)cc12. The standard InChI is InChI=1S/2C30H27FN6O.C29H36N8O.C28H31N7O/c31-24-7-4-21(5-8-24)27-11-9-25(18-33-27)34-30(38)29-26-15-22(6-10-28(26)35-36-29)23-14-20(16-32-17-23)19-37-12-2-1-3-13-37;31-24-6-4-5-22(14-24)27-10-8-25(18-33-27)34-30(38)29-26-15-21(7-9-28(26)35-36-29)23-13-20(16-32-17-23)19-37-11-2-1-3-12-37;1-35(2)13-14-36(3)27-10-8-24(19-31-27)32-29(38)28-25-16-22(7-9-26(25)33-34-28)23-15-21(17-30-18-23)20-37-11-5-4-6-12-37;36-28(31-23-7-9-26(30-18-23)35-12-4-5-13-35)27-24-15-21(6-8-25(24)32-33-27)22-14-20(16-29-17-22)19-34-10-2-1-3-11-34/h4-11,14-18H,1-3,12-13,19H2,(H,34,38)(H,35,36);4-10,13-18H,1-3,11-12,19H2,(H,34,38)(H,35,36);7-10,15-19H,4-6,11-14,20H2,1-3H3,(H,32,38)(H,33,34);6-9,14-18H,1-5,10-13,19H2,(H,31,36)(H,32,33). The first-order chi connectivity index (χ1) is 73.4. The van der Waals surface area contributed by atoms with Crippen molar-refractivity contribution in [2.24, 2.45) is 0 Å². The molecule has 4 amide bonds. The molecule has 0 aliphatic carbocycles. The summed E-state index contributed by atoms with van der Waals surface area (Å²) < 4.78 is 26.7. The predicted octanol–water partition coefficient (Wildman–Crippen LogP) is 21.2. The maximum atomic E-state index is 13.5. The topological polar surface area (TPSA) is 357 Å². The van der Waals surface area contributed by atoms with Gasteiger partial charge in [0.15, 0.2) is 22.8 Å². The monoisotopic (exact) mass is 2010 g/mol. The van der Waals surface area contributed by atoms with E-state index in [1.807, 2.05) is 168 Å². The van der Waals surface area contributed by atoms with Crippen LogP contribution in [0.15, 0.2) is 268 Å². The van der Waals surface area contributed by atoms with Gasteiger partial charge in [0.1, 0.15) is 23.3 Å². The van der Waals surface area contributed by atoms with Gasteiger partial charge in [-0.1, -0.05) is 62.1 Å². The molecular formula is C117H121F2N27O4. The molecule has 33 heteroatoms. The molecule has 8 N–H and O–H groups in total. The molecule has 0 radical (unpaired) electrons. The number of nitrogens with one attached hydrogen (secondary N) is 8. The van der Waals surface area contributed by atoms with Crippen molar-refractivity contribution in [1.82, 2.24) is 105 Å². The molecule has 31 nitrogen and oxygen atoms in total. The Morgan fingerprint density at radius 3 is 0.940 bits per heavy atom. The molecule has 23 rings (SSSR count). The number of anilines is 6. The third-order valence-electron chi connectivity index (χ3n) is 28.1. The summed E-state index contributed by atoms with van der Waals surface area (Å²) in [7, 11) is 6.11. The van der Waals surface area contributed by atoms with Crippen molar-refractivity contribution < 1.29 is 28.0 Å². The third-order valence-corrected chi connectivity index (χ3v) is 28.1. The van der Waals surface area contributed by atoms with Gasteiger partial charge in [0.2, 0.25) is 0 Å². The van der Waals surface area contributed by atoms with Crippen molar-refractivity contribution in [2.75, 3.05) is 131 Å². The molecule has 150 heavy (non-hydrogen) atoms. The lowest BCUT2D eigenvalue weighted by Gasteiger charge is -2.26. The largest absolute Gasteiger partial charge is 0.358 e. The van der Waals surface area contributed by atoms with Crippen LogP contribution < -0.4 is 31.1 Å². The molecule has 5 saturated heterocycles. The van der Waals surface area contributed by atoms with Crippen LogP contribution in [0.1, 0.15) is 154 Å². The Kier molecular flexibility index (Phi) is 32.3. The molecule has 17 heterocycles. The minimum absolute atomic E-state index is 0.258. The Morgan fingerprint density at radius 2 is 0.620 bits per heavy atom. The van der Waals surface area contributed by atoms with Gasteiger partial charge >= 0.3 is 0 Å². The lowest BCUT2D eigenvalue weighted by Crippen LogP contribution is -2.29. The number of H-pyrrole nitrogens is 4. The molecule has 6 aromatic carbocycles. The Labute approximate surface area is 868 Å². The van der Waals surface area contributed by atoms with Crippen LogP contribution in [-0.4, -0.2) is 228 Å². The first-order valence-electron chi connectivity index (χ1n) is 51.7. The van der Waals surface area contributed by atoms with Gasteiger partial charge in [-0.25, -0.2) is 18.7 Å². The molecule has 0 saturated carbocycles. The number of carbonyl (C=O) groups excluding carboxylic acids is 4. The summed E-state index contributed by atoms with van der Waals surface area (Å²) >= 11 is 0. The predicted molar refractivity (Wildman–Crippen MR) is 587 cm³/mol. The van der Waals surface area contributed by atoms with Gasteiger partial charge in [-0.3, -0.25) is 89.1 Å². The average molecular weight is 2010 g/mol. The summed E-state index contributed by atoms with van der Waals surface area (Å²) in [5.41, 5.74) is 22.5. The van der Waals surface area contributed by atoms with E-state index in [9.17, 15) is 28.0 Å². The van der Waals surface area contributed by atoms with Crippen LogP contribution >= 0.6 is 0 Å². The molecule has 0 atom stereocenters. The number of benzene rings is 6. The lowest BCUT2D eigenvalue weighted by molar-refractivity contribution is 0.101. The number of hydrogen-bond acceptors (Lipinski definition) is 23. The maximum absolute atomic E-state index is 13.5. The van der Waals surface area contributed by atoms with Crippen molar-refractivity contribution in [3.63, 3.8) is 0 Å². The molecule has 5 aliphatic heterocycles. The number of carbonyl (C=O) groups is 4. The number of aromatic amines is 4. The Bertz CT molecular complexity index is 7700. The second-order valence-corrected chi connectivity index (χ2v) is 39.4. The smallest absolute Gasteiger partial charge is 0.276 e. The Balaban J connectivity index is 0.000000121. The zero-order chi connectivity index (χ0) is 103. The number of nitrogens with zero attached hydrogens (tertiary/aromatic N) is 19. The van der Waals surface area contributed by atoms with E-state index < -0.39 is 0 Å². The number of amides is 4. The number of hydrogen-bond donors (Lipinski definition) is 8. The lowest BCUT2D eigenvalue weighted by atomic mass is 10.0. The van der Waals surface area contributed by atoms with Crippen LogP contribution in [-0.2, 0) is 26.2 Å². The highest BCUT2D eigenvalue weighted by molar-refractivity contribution is 6.15. The number of fused-ring (bicyclic) bond motifs is 4. The molecule has 5 aliphatic rings.